The van der Waals surface area contributed by atoms with Gasteiger partial charge < -0.3 is 4.90 Å². The molecule has 1 N–H and O–H groups in total. The topological polar surface area (TPSA) is 49.4 Å². The number of anilines is 2. The number of halogens is 4. The number of sulfonamides is 1. The molecule has 2 aliphatic rings. The van der Waals surface area contributed by atoms with Crippen LogP contribution in [0.15, 0.2) is 52.4 Å². The van der Waals surface area contributed by atoms with Crippen molar-refractivity contribution < 1.29 is 21.6 Å². The molecule has 0 unspecified atom stereocenters. The second-order valence-electron chi connectivity index (χ2n) is 8.40. The van der Waals surface area contributed by atoms with E-state index in [1.54, 1.807) is 6.92 Å². The third-order valence-electron chi connectivity index (χ3n) is 6.19. The van der Waals surface area contributed by atoms with Crippen molar-refractivity contribution in [2.45, 2.75) is 45.2 Å². The van der Waals surface area contributed by atoms with E-state index >= 15 is 0 Å². The summed E-state index contributed by atoms with van der Waals surface area (Å²) in [5.41, 5.74) is -0.491. The van der Waals surface area contributed by atoms with E-state index in [2.05, 4.69) is 27.2 Å². The van der Waals surface area contributed by atoms with E-state index in [-0.39, 0.29) is 10.6 Å². The van der Waals surface area contributed by atoms with Gasteiger partial charge in [0.2, 0.25) is 0 Å². The van der Waals surface area contributed by atoms with Gasteiger partial charge in [0.15, 0.2) is 0 Å². The van der Waals surface area contributed by atoms with Crippen LogP contribution < -0.4 is 9.62 Å². The van der Waals surface area contributed by atoms with Gasteiger partial charge in [-0.15, -0.1) is 0 Å². The quantitative estimate of drug-likeness (QED) is 0.408. The number of rotatable bonds is 6. The standard InChI is InChI=1S/C23H28BrF3N2O2S/c1-3-20(10-8-16(2)24)32(30,31)28-21-14-19(23(25,26)27)9-11-22(21)29-13-12-17-6-4-5-7-18(17)15-29/h3,8-11,14,17-18,28H,1,4-7,12-13,15H2,2H3/b16-8+,20-10+/t17-,18-/m0/s1. The first kappa shape index (κ1) is 24.9. The van der Waals surface area contributed by atoms with E-state index in [9.17, 15) is 21.6 Å². The first-order chi connectivity index (χ1) is 15.0. The fourth-order valence-corrected chi connectivity index (χ4v) is 5.73. The molecule has 1 aromatic carbocycles. The van der Waals surface area contributed by atoms with Gasteiger partial charge in [0.1, 0.15) is 0 Å². The van der Waals surface area contributed by atoms with Crippen LogP contribution in [-0.4, -0.2) is 21.5 Å². The molecule has 2 atom stereocenters. The summed E-state index contributed by atoms with van der Waals surface area (Å²) in [5, 5.41) is 0. The maximum Gasteiger partial charge on any atom is 0.416 e. The molecule has 1 saturated heterocycles. The van der Waals surface area contributed by atoms with Gasteiger partial charge in [0, 0.05) is 13.1 Å². The Labute approximate surface area is 196 Å². The van der Waals surface area contributed by atoms with Gasteiger partial charge in [-0.05, 0) is 66.4 Å². The number of allylic oxidation sites excluding steroid dienone is 4. The average molecular weight is 533 g/mol. The molecule has 0 bridgehead atoms. The van der Waals surface area contributed by atoms with Crippen molar-refractivity contribution >= 4 is 37.3 Å². The summed E-state index contributed by atoms with van der Waals surface area (Å²) >= 11 is 3.22. The van der Waals surface area contributed by atoms with Crippen molar-refractivity contribution in [1.29, 1.82) is 0 Å². The van der Waals surface area contributed by atoms with E-state index in [1.807, 2.05) is 4.90 Å². The fourth-order valence-electron chi connectivity index (χ4n) is 4.56. The summed E-state index contributed by atoms with van der Waals surface area (Å²) < 4.78 is 69.2. The summed E-state index contributed by atoms with van der Waals surface area (Å²) in [5.74, 6) is 1.13. The van der Waals surface area contributed by atoms with Crippen LogP contribution >= 0.6 is 15.9 Å². The maximum absolute atomic E-state index is 13.4. The summed E-state index contributed by atoms with van der Waals surface area (Å²) in [6.45, 7) is 6.69. The number of benzene rings is 1. The number of hydrogen-bond donors (Lipinski definition) is 1. The lowest BCUT2D eigenvalue weighted by Gasteiger charge is -2.42. The summed E-state index contributed by atoms with van der Waals surface area (Å²) in [4.78, 5) is 1.88. The van der Waals surface area contributed by atoms with E-state index in [0.29, 0.717) is 28.6 Å². The molecule has 2 fully saturated rings. The van der Waals surface area contributed by atoms with Crippen molar-refractivity contribution in [3.8, 4) is 0 Å². The molecule has 1 aliphatic carbocycles. The van der Waals surface area contributed by atoms with Crippen molar-refractivity contribution in [2.24, 2.45) is 11.8 Å². The minimum absolute atomic E-state index is 0.0682. The van der Waals surface area contributed by atoms with Crippen molar-refractivity contribution in [2.75, 3.05) is 22.7 Å². The number of fused-ring (bicyclic) bond motifs is 1. The molecule has 3 rings (SSSR count). The SMILES string of the molecule is C=C/C(=C\C=C(/C)Br)S(=O)(=O)Nc1cc(C(F)(F)F)ccc1N1CC[C@@H]2CCCC[C@H]2C1. The zero-order chi connectivity index (χ0) is 23.5. The van der Waals surface area contributed by atoms with Crippen LogP contribution in [-0.2, 0) is 16.2 Å². The molecule has 0 radical (unpaired) electrons. The van der Waals surface area contributed by atoms with Crippen molar-refractivity contribution in [3.63, 3.8) is 0 Å². The molecule has 1 aromatic rings. The Hall–Kier alpha value is -1.74. The monoisotopic (exact) mass is 532 g/mol. The lowest BCUT2D eigenvalue weighted by molar-refractivity contribution is -0.137. The molecular formula is C23H28BrF3N2O2S. The second kappa shape index (κ2) is 10.0. The number of alkyl halides is 3. The molecule has 9 heteroatoms. The lowest BCUT2D eigenvalue weighted by Crippen LogP contribution is -2.42. The molecule has 32 heavy (non-hydrogen) atoms. The molecular weight excluding hydrogens is 505 g/mol. The third kappa shape index (κ3) is 5.98. The maximum atomic E-state index is 13.4. The minimum Gasteiger partial charge on any atom is -0.370 e. The van der Waals surface area contributed by atoms with Gasteiger partial charge >= 0.3 is 6.18 Å². The summed E-state index contributed by atoms with van der Waals surface area (Å²) in [7, 11) is -4.13. The Morgan fingerprint density at radius 1 is 1.19 bits per heavy atom. The largest absolute Gasteiger partial charge is 0.416 e. The number of nitrogens with one attached hydrogen (secondary N) is 1. The second-order valence-corrected chi connectivity index (χ2v) is 11.3. The molecule has 1 heterocycles. The molecule has 1 saturated carbocycles. The minimum atomic E-state index is -4.58. The number of hydrogen-bond acceptors (Lipinski definition) is 3. The summed E-state index contributed by atoms with van der Waals surface area (Å²) in [6.07, 6.45) is 5.12. The van der Waals surface area contributed by atoms with Crippen LogP contribution in [0.4, 0.5) is 24.5 Å². The molecule has 176 valence electrons. The molecule has 1 aliphatic heterocycles. The number of nitrogens with zero attached hydrogens (tertiary/aromatic N) is 1. The predicted molar refractivity (Wildman–Crippen MR) is 127 cm³/mol. The van der Waals surface area contributed by atoms with Gasteiger partial charge in [0.05, 0.1) is 21.8 Å². The van der Waals surface area contributed by atoms with Gasteiger partial charge in [-0.3, -0.25) is 4.72 Å². The Balaban J connectivity index is 1.98. The zero-order valence-electron chi connectivity index (χ0n) is 18.0. The molecule has 4 nitrogen and oxygen atoms in total. The Bertz CT molecular complexity index is 1010. The molecule has 0 amide bonds. The highest BCUT2D eigenvalue weighted by molar-refractivity contribution is 9.11. The molecule has 0 aromatic heterocycles. The zero-order valence-corrected chi connectivity index (χ0v) is 20.4. The Morgan fingerprint density at radius 2 is 1.88 bits per heavy atom. The lowest BCUT2D eigenvalue weighted by atomic mass is 9.75. The molecule has 0 spiro atoms. The van der Waals surface area contributed by atoms with Crippen LogP contribution in [0, 0.1) is 11.8 Å². The smallest absolute Gasteiger partial charge is 0.370 e. The Morgan fingerprint density at radius 3 is 2.50 bits per heavy atom. The van der Waals surface area contributed by atoms with Crippen molar-refractivity contribution in [1.82, 2.24) is 0 Å². The highest BCUT2D eigenvalue weighted by Gasteiger charge is 2.35. The first-order valence-electron chi connectivity index (χ1n) is 10.7. The van der Waals surface area contributed by atoms with Crippen LogP contribution in [0.1, 0.15) is 44.6 Å². The normalized spacial score (nSPS) is 23.0. The highest BCUT2D eigenvalue weighted by Crippen LogP contribution is 2.41. The fraction of sp³-hybridized carbons (Fsp3) is 0.478. The van der Waals surface area contributed by atoms with Crippen LogP contribution in [0.5, 0.6) is 0 Å². The van der Waals surface area contributed by atoms with Crippen LogP contribution in [0.25, 0.3) is 0 Å². The van der Waals surface area contributed by atoms with Crippen molar-refractivity contribution in [3.05, 3.63) is 58.0 Å². The highest BCUT2D eigenvalue weighted by atomic mass is 79.9. The van der Waals surface area contributed by atoms with E-state index in [4.69, 9.17) is 0 Å². The van der Waals surface area contributed by atoms with Crippen LogP contribution in [0.3, 0.4) is 0 Å². The van der Waals surface area contributed by atoms with E-state index in [0.717, 1.165) is 44.0 Å². The Kier molecular flexibility index (Phi) is 7.81. The predicted octanol–water partition coefficient (Wildman–Crippen LogP) is 6.83. The average Bonchev–Trinajstić information content (AvgIpc) is 2.72. The van der Waals surface area contributed by atoms with Gasteiger partial charge in [-0.1, -0.05) is 47.8 Å². The van der Waals surface area contributed by atoms with E-state index < -0.39 is 21.8 Å². The first-order valence-corrected chi connectivity index (χ1v) is 12.9. The van der Waals surface area contributed by atoms with Gasteiger partial charge in [0.25, 0.3) is 10.0 Å². The number of piperidine rings is 1. The van der Waals surface area contributed by atoms with Crippen LogP contribution in [0.2, 0.25) is 0 Å². The van der Waals surface area contributed by atoms with Gasteiger partial charge in [-0.2, -0.15) is 13.2 Å². The third-order valence-corrected chi connectivity index (χ3v) is 7.87. The summed E-state index contributed by atoms with van der Waals surface area (Å²) in [6, 6.07) is 3.27. The van der Waals surface area contributed by atoms with E-state index in [1.165, 1.54) is 31.1 Å². The van der Waals surface area contributed by atoms with Gasteiger partial charge in [-0.25, -0.2) is 8.42 Å².